The molecule has 1 N–H and O–H groups in total. The highest BCUT2D eigenvalue weighted by Gasteiger charge is 2.24. The van der Waals surface area contributed by atoms with Gasteiger partial charge in [-0.15, -0.1) is 0 Å². The molecule has 27 heavy (non-hydrogen) atoms. The SMILES string of the molecule is COc1ccc(Br)c(C(=O)NCC2CCN(C(=O)c3ccncc3)CC2)c1. The van der Waals surface area contributed by atoms with E-state index in [1.54, 1.807) is 49.8 Å². The lowest BCUT2D eigenvalue weighted by molar-refractivity contribution is 0.0684. The summed E-state index contributed by atoms with van der Waals surface area (Å²) >= 11 is 3.41. The molecule has 1 aliphatic heterocycles. The van der Waals surface area contributed by atoms with Crippen molar-refractivity contribution in [2.75, 3.05) is 26.7 Å². The van der Waals surface area contributed by atoms with Crippen molar-refractivity contribution in [1.82, 2.24) is 15.2 Å². The summed E-state index contributed by atoms with van der Waals surface area (Å²) in [6, 6.07) is 8.80. The van der Waals surface area contributed by atoms with Crippen LogP contribution < -0.4 is 10.1 Å². The summed E-state index contributed by atoms with van der Waals surface area (Å²) in [5.41, 5.74) is 1.22. The molecule has 2 aromatic rings. The normalized spacial score (nSPS) is 14.7. The van der Waals surface area contributed by atoms with Crippen molar-refractivity contribution in [2.24, 2.45) is 5.92 Å². The van der Waals surface area contributed by atoms with Gasteiger partial charge in [0.1, 0.15) is 5.75 Å². The van der Waals surface area contributed by atoms with Crippen LogP contribution in [0.1, 0.15) is 33.6 Å². The largest absolute Gasteiger partial charge is 0.497 e. The number of likely N-dealkylation sites (tertiary alicyclic amines) is 1. The van der Waals surface area contributed by atoms with Gasteiger partial charge >= 0.3 is 0 Å². The third-order valence-electron chi connectivity index (χ3n) is 4.80. The number of piperidine rings is 1. The van der Waals surface area contributed by atoms with Crippen molar-refractivity contribution < 1.29 is 14.3 Å². The zero-order valence-corrected chi connectivity index (χ0v) is 16.7. The Morgan fingerprint density at radius 2 is 1.93 bits per heavy atom. The van der Waals surface area contributed by atoms with E-state index in [2.05, 4.69) is 26.2 Å². The van der Waals surface area contributed by atoms with Gasteiger partial charge in [0, 0.05) is 42.1 Å². The lowest BCUT2D eigenvalue weighted by Gasteiger charge is -2.32. The van der Waals surface area contributed by atoms with Crippen molar-refractivity contribution in [3.63, 3.8) is 0 Å². The minimum absolute atomic E-state index is 0.0418. The van der Waals surface area contributed by atoms with Crippen molar-refractivity contribution >= 4 is 27.7 Å². The maximum absolute atomic E-state index is 12.5. The van der Waals surface area contributed by atoms with E-state index in [1.807, 2.05) is 4.90 Å². The van der Waals surface area contributed by atoms with Gasteiger partial charge < -0.3 is 15.0 Å². The van der Waals surface area contributed by atoms with Gasteiger partial charge in [-0.25, -0.2) is 0 Å². The van der Waals surface area contributed by atoms with Crippen LogP contribution in [0.4, 0.5) is 0 Å². The highest BCUT2D eigenvalue weighted by Crippen LogP contribution is 2.23. The first-order valence-electron chi connectivity index (χ1n) is 8.89. The minimum atomic E-state index is -0.129. The number of rotatable bonds is 5. The standard InChI is InChI=1S/C20H22BrN3O3/c1-27-16-2-3-18(21)17(12-16)19(25)23-13-14-6-10-24(11-7-14)20(26)15-4-8-22-9-5-15/h2-5,8-9,12,14H,6-7,10-11,13H2,1H3,(H,23,25). The number of nitrogens with zero attached hydrogens (tertiary/aromatic N) is 2. The molecule has 0 bridgehead atoms. The van der Waals surface area contributed by atoms with E-state index in [1.165, 1.54) is 0 Å². The van der Waals surface area contributed by atoms with Crippen LogP contribution in [0.5, 0.6) is 5.75 Å². The van der Waals surface area contributed by atoms with Gasteiger partial charge in [0.2, 0.25) is 0 Å². The van der Waals surface area contributed by atoms with Crippen molar-refractivity contribution in [2.45, 2.75) is 12.8 Å². The van der Waals surface area contributed by atoms with E-state index < -0.39 is 0 Å². The topological polar surface area (TPSA) is 71.5 Å². The van der Waals surface area contributed by atoms with Gasteiger partial charge in [0.05, 0.1) is 12.7 Å². The zero-order chi connectivity index (χ0) is 19.2. The number of methoxy groups -OCH3 is 1. The lowest BCUT2D eigenvalue weighted by Crippen LogP contribution is -2.41. The molecule has 1 aromatic heterocycles. The monoisotopic (exact) mass is 431 g/mol. The highest BCUT2D eigenvalue weighted by molar-refractivity contribution is 9.10. The lowest BCUT2D eigenvalue weighted by atomic mass is 9.96. The van der Waals surface area contributed by atoms with Crippen molar-refractivity contribution in [3.8, 4) is 5.75 Å². The molecule has 3 rings (SSSR count). The van der Waals surface area contributed by atoms with Crippen LogP contribution in [-0.4, -0.2) is 48.4 Å². The van der Waals surface area contributed by atoms with Crippen LogP contribution >= 0.6 is 15.9 Å². The second kappa shape index (κ2) is 8.99. The molecule has 2 heterocycles. The molecule has 0 atom stereocenters. The summed E-state index contributed by atoms with van der Waals surface area (Å²) in [6.45, 7) is 1.99. The number of pyridine rings is 1. The number of ether oxygens (including phenoxy) is 1. The van der Waals surface area contributed by atoms with Crippen LogP contribution in [0.3, 0.4) is 0 Å². The molecule has 1 aromatic carbocycles. The Hall–Kier alpha value is -2.41. The number of benzene rings is 1. The molecule has 0 saturated carbocycles. The second-order valence-corrected chi connectivity index (χ2v) is 7.38. The summed E-state index contributed by atoms with van der Waals surface area (Å²) in [5, 5.41) is 3.00. The van der Waals surface area contributed by atoms with Gasteiger partial charge in [-0.1, -0.05) is 0 Å². The third kappa shape index (κ3) is 4.86. The fourth-order valence-corrected chi connectivity index (χ4v) is 3.58. The Kier molecular flexibility index (Phi) is 6.45. The minimum Gasteiger partial charge on any atom is -0.497 e. The summed E-state index contributed by atoms with van der Waals surface area (Å²) in [5.74, 6) is 0.919. The summed E-state index contributed by atoms with van der Waals surface area (Å²) < 4.78 is 5.92. The van der Waals surface area contributed by atoms with E-state index >= 15 is 0 Å². The van der Waals surface area contributed by atoms with Crippen LogP contribution in [0.25, 0.3) is 0 Å². The van der Waals surface area contributed by atoms with Gasteiger partial charge in [-0.2, -0.15) is 0 Å². The molecule has 1 saturated heterocycles. The Morgan fingerprint density at radius 3 is 2.59 bits per heavy atom. The summed E-state index contributed by atoms with van der Waals surface area (Å²) in [4.78, 5) is 30.7. The predicted molar refractivity (Wildman–Crippen MR) is 106 cm³/mol. The summed E-state index contributed by atoms with van der Waals surface area (Å²) in [6.07, 6.45) is 5.01. The quantitative estimate of drug-likeness (QED) is 0.788. The number of amides is 2. The van der Waals surface area contributed by atoms with Crippen molar-refractivity contribution in [1.29, 1.82) is 0 Å². The van der Waals surface area contributed by atoms with E-state index in [0.29, 0.717) is 42.4 Å². The molecule has 2 amide bonds. The third-order valence-corrected chi connectivity index (χ3v) is 5.49. The number of hydrogen-bond donors (Lipinski definition) is 1. The van der Waals surface area contributed by atoms with Crippen LogP contribution in [-0.2, 0) is 0 Å². The van der Waals surface area contributed by atoms with Crippen LogP contribution in [0.15, 0.2) is 47.2 Å². The molecule has 0 aliphatic carbocycles. The fraction of sp³-hybridized carbons (Fsp3) is 0.350. The second-order valence-electron chi connectivity index (χ2n) is 6.53. The first kappa shape index (κ1) is 19.4. The molecular formula is C20H22BrN3O3. The number of halogens is 1. The Morgan fingerprint density at radius 1 is 1.22 bits per heavy atom. The number of hydrogen-bond acceptors (Lipinski definition) is 4. The van der Waals surface area contributed by atoms with Crippen molar-refractivity contribution in [3.05, 3.63) is 58.3 Å². The Bertz CT molecular complexity index is 805. The molecule has 0 spiro atoms. The Balaban J connectivity index is 1.50. The molecular weight excluding hydrogens is 410 g/mol. The first-order valence-corrected chi connectivity index (χ1v) is 9.69. The maximum Gasteiger partial charge on any atom is 0.253 e. The number of nitrogens with one attached hydrogen (secondary N) is 1. The highest BCUT2D eigenvalue weighted by atomic mass is 79.9. The molecule has 7 heteroatoms. The first-order chi connectivity index (χ1) is 13.1. The van der Waals surface area contributed by atoms with E-state index in [-0.39, 0.29) is 11.8 Å². The van der Waals surface area contributed by atoms with E-state index in [4.69, 9.17) is 4.74 Å². The summed E-state index contributed by atoms with van der Waals surface area (Å²) in [7, 11) is 1.58. The molecule has 6 nitrogen and oxygen atoms in total. The molecule has 1 fully saturated rings. The smallest absolute Gasteiger partial charge is 0.253 e. The number of carbonyl (C=O) groups is 2. The number of carbonyl (C=O) groups excluding carboxylic acids is 2. The van der Waals surface area contributed by atoms with Gasteiger partial charge in [-0.3, -0.25) is 14.6 Å². The van der Waals surface area contributed by atoms with E-state index in [0.717, 1.165) is 17.3 Å². The Labute approximate surface area is 167 Å². The average Bonchev–Trinajstić information content (AvgIpc) is 2.73. The average molecular weight is 432 g/mol. The van der Waals surface area contributed by atoms with Crippen LogP contribution in [0.2, 0.25) is 0 Å². The zero-order valence-electron chi connectivity index (χ0n) is 15.2. The van der Waals surface area contributed by atoms with Gasteiger partial charge in [-0.05, 0) is 65.0 Å². The van der Waals surface area contributed by atoms with E-state index in [9.17, 15) is 9.59 Å². The predicted octanol–water partition coefficient (Wildman–Crippen LogP) is 3.13. The van der Waals surface area contributed by atoms with Crippen LogP contribution in [0, 0.1) is 5.92 Å². The molecule has 0 radical (unpaired) electrons. The number of aromatic nitrogens is 1. The van der Waals surface area contributed by atoms with Gasteiger partial charge in [0.25, 0.3) is 11.8 Å². The molecule has 0 unspecified atom stereocenters. The molecule has 142 valence electrons. The van der Waals surface area contributed by atoms with Gasteiger partial charge in [0.15, 0.2) is 0 Å². The molecule has 1 aliphatic rings. The maximum atomic E-state index is 12.5. The fourth-order valence-electron chi connectivity index (χ4n) is 3.15.